The molecule has 0 bridgehead atoms. The Hall–Kier alpha value is -0.843. The Kier molecular flexibility index (Phi) is 5.18. The Morgan fingerprint density at radius 2 is 1.76 bits per heavy atom. The van der Waals surface area contributed by atoms with Crippen LogP contribution in [0.15, 0.2) is 24.3 Å². The molecule has 0 aromatic heterocycles. The average molecular weight is 254 g/mol. The van der Waals surface area contributed by atoms with Crippen LogP contribution in [0.3, 0.4) is 0 Å². The van der Waals surface area contributed by atoms with Crippen molar-refractivity contribution in [3.8, 4) is 5.75 Å². The van der Waals surface area contributed by atoms with Crippen LogP contribution in [0, 0.1) is 0 Å². The third-order valence-electron chi connectivity index (χ3n) is 2.76. The van der Waals surface area contributed by atoms with Crippen LogP contribution >= 0.6 is 0 Å². The molecule has 0 spiro atoms. The molecule has 1 aromatic rings. The van der Waals surface area contributed by atoms with Gasteiger partial charge in [0.25, 0.3) is 0 Å². The number of rotatable bonds is 6. The molecule has 0 aliphatic rings. The van der Waals surface area contributed by atoms with Gasteiger partial charge in [0, 0.05) is 13.7 Å². The van der Waals surface area contributed by atoms with E-state index in [0.29, 0.717) is 6.61 Å². The van der Waals surface area contributed by atoms with Gasteiger partial charge in [0.2, 0.25) is 8.32 Å². The van der Waals surface area contributed by atoms with E-state index in [1.807, 2.05) is 26.0 Å². The molecule has 3 nitrogen and oxygen atoms in total. The van der Waals surface area contributed by atoms with Crippen LogP contribution in [0.2, 0.25) is 13.1 Å². The van der Waals surface area contributed by atoms with E-state index >= 15 is 0 Å². The number of benzene rings is 1. The Labute approximate surface area is 105 Å². The molecular weight excluding hydrogens is 232 g/mol. The monoisotopic (exact) mass is 254 g/mol. The molecule has 0 aliphatic heterocycles. The van der Waals surface area contributed by atoms with Crippen molar-refractivity contribution < 1.29 is 13.9 Å². The summed E-state index contributed by atoms with van der Waals surface area (Å²) in [6.45, 7) is 8.85. The molecule has 0 aliphatic carbocycles. The fraction of sp³-hybridized carbons (Fsp3) is 0.538. The van der Waals surface area contributed by atoms with Crippen molar-refractivity contribution in [1.82, 2.24) is 0 Å². The first-order chi connectivity index (χ1) is 7.99. The van der Waals surface area contributed by atoms with Gasteiger partial charge in [-0.2, -0.15) is 0 Å². The maximum absolute atomic E-state index is 5.61. The molecule has 1 unspecified atom stereocenters. The van der Waals surface area contributed by atoms with Gasteiger partial charge >= 0.3 is 0 Å². The second-order valence-corrected chi connectivity index (χ2v) is 8.39. The SMILES string of the molecule is CCOC(C)Oc1ccc([Si](C)(C)OC)cc1. The summed E-state index contributed by atoms with van der Waals surface area (Å²) in [4.78, 5) is 0. The van der Waals surface area contributed by atoms with Crippen molar-refractivity contribution in [3.63, 3.8) is 0 Å². The molecule has 1 atom stereocenters. The van der Waals surface area contributed by atoms with Gasteiger partial charge in [-0.25, -0.2) is 0 Å². The van der Waals surface area contributed by atoms with Gasteiger partial charge < -0.3 is 13.9 Å². The normalized spacial score (nSPS) is 13.5. The van der Waals surface area contributed by atoms with Gasteiger partial charge in [-0.15, -0.1) is 0 Å². The van der Waals surface area contributed by atoms with Crippen molar-refractivity contribution in [2.75, 3.05) is 13.7 Å². The number of hydrogen-bond donors (Lipinski definition) is 0. The maximum atomic E-state index is 5.61. The van der Waals surface area contributed by atoms with Crippen LogP contribution in [-0.4, -0.2) is 28.3 Å². The molecule has 0 N–H and O–H groups in total. The predicted octanol–water partition coefficient (Wildman–Crippen LogP) is 2.51. The molecule has 1 rings (SSSR count). The van der Waals surface area contributed by atoms with Crippen molar-refractivity contribution in [2.24, 2.45) is 0 Å². The highest BCUT2D eigenvalue weighted by molar-refractivity contribution is 6.84. The number of ether oxygens (including phenoxy) is 2. The van der Waals surface area contributed by atoms with E-state index in [4.69, 9.17) is 13.9 Å². The predicted molar refractivity (Wildman–Crippen MR) is 72.3 cm³/mol. The lowest BCUT2D eigenvalue weighted by Gasteiger charge is -2.21. The lowest BCUT2D eigenvalue weighted by molar-refractivity contribution is -0.0613. The van der Waals surface area contributed by atoms with Crippen molar-refractivity contribution >= 4 is 13.5 Å². The van der Waals surface area contributed by atoms with Crippen LogP contribution in [0.25, 0.3) is 0 Å². The zero-order valence-corrected chi connectivity index (χ0v) is 12.3. The zero-order chi connectivity index (χ0) is 12.9. The van der Waals surface area contributed by atoms with Gasteiger partial charge in [0.15, 0.2) is 6.29 Å². The summed E-state index contributed by atoms with van der Waals surface area (Å²) in [7, 11) is 0.0534. The Bertz CT molecular complexity index is 335. The molecule has 0 radical (unpaired) electrons. The standard InChI is InChI=1S/C13H22O3Si/c1-6-15-11(2)16-12-7-9-13(10-8-12)17(4,5)14-3/h7-11H,6H2,1-5H3. The fourth-order valence-corrected chi connectivity index (χ4v) is 2.72. The summed E-state index contributed by atoms with van der Waals surface area (Å²) < 4.78 is 16.5. The molecular formula is C13H22O3Si. The maximum Gasteiger partial charge on any atom is 0.217 e. The first kappa shape index (κ1) is 14.2. The summed E-state index contributed by atoms with van der Waals surface area (Å²) in [6, 6.07) is 8.09. The molecule has 17 heavy (non-hydrogen) atoms. The van der Waals surface area contributed by atoms with Crippen LogP contribution in [0.5, 0.6) is 5.75 Å². The second kappa shape index (κ2) is 6.19. The van der Waals surface area contributed by atoms with Crippen molar-refractivity contribution in [3.05, 3.63) is 24.3 Å². The number of hydrogen-bond acceptors (Lipinski definition) is 3. The molecule has 4 heteroatoms. The summed E-state index contributed by atoms with van der Waals surface area (Å²) in [5, 5.41) is 1.26. The Morgan fingerprint density at radius 3 is 2.24 bits per heavy atom. The molecule has 0 fully saturated rings. The van der Waals surface area contributed by atoms with E-state index in [9.17, 15) is 0 Å². The molecule has 0 saturated carbocycles. The minimum absolute atomic E-state index is 0.210. The largest absolute Gasteiger partial charge is 0.465 e. The van der Waals surface area contributed by atoms with E-state index in [2.05, 4.69) is 25.2 Å². The van der Waals surface area contributed by atoms with Crippen LogP contribution in [0.1, 0.15) is 13.8 Å². The van der Waals surface area contributed by atoms with E-state index in [1.54, 1.807) is 7.11 Å². The lowest BCUT2D eigenvalue weighted by atomic mass is 10.3. The molecule has 0 heterocycles. The first-order valence-corrected chi connectivity index (χ1v) is 8.84. The average Bonchev–Trinajstić information content (AvgIpc) is 2.30. The second-order valence-electron chi connectivity index (χ2n) is 4.38. The fourth-order valence-electron chi connectivity index (χ4n) is 1.51. The third kappa shape index (κ3) is 4.15. The van der Waals surface area contributed by atoms with Gasteiger partial charge in [-0.3, -0.25) is 0 Å². The summed E-state index contributed by atoms with van der Waals surface area (Å²) in [5.41, 5.74) is 0. The van der Waals surface area contributed by atoms with Gasteiger partial charge in [0.1, 0.15) is 5.75 Å². The van der Waals surface area contributed by atoms with E-state index in [0.717, 1.165) is 5.75 Å². The van der Waals surface area contributed by atoms with Crippen molar-refractivity contribution in [2.45, 2.75) is 33.2 Å². The first-order valence-electron chi connectivity index (χ1n) is 5.93. The quantitative estimate of drug-likeness (QED) is 0.577. The molecule has 1 aromatic carbocycles. The third-order valence-corrected chi connectivity index (χ3v) is 5.51. The minimum atomic E-state index is -1.72. The van der Waals surface area contributed by atoms with E-state index < -0.39 is 8.32 Å². The highest BCUT2D eigenvalue weighted by atomic mass is 28.4. The van der Waals surface area contributed by atoms with Gasteiger partial charge in [-0.05, 0) is 44.3 Å². The molecule has 96 valence electrons. The Morgan fingerprint density at radius 1 is 1.18 bits per heavy atom. The minimum Gasteiger partial charge on any atom is -0.465 e. The highest BCUT2D eigenvalue weighted by Gasteiger charge is 2.23. The van der Waals surface area contributed by atoms with Gasteiger partial charge in [-0.1, -0.05) is 12.1 Å². The lowest BCUT2D eigenvalue weighted by Crippen LogP contribution is -2.43. The van der Waals surface area contributed by atoms with Gasteiger partial charge in [0.05, 0.1) is 0 Å². The van der Waals surface area contributed by atoms with Crippen molar-refractivity contribution in [1.29, 1.82) is 0 Å². The smallest absolute Gasteiger partial charge is 0.217 e. The highest BCUT2D eigenvalue weighted by Crippen LogP contribution is 2.13. The summed E-state index contributed by atoms with van der Waals surface area (Å²) in [6.07, 6.45) is -0.210. The van der Waals surface area contributed by atoms with E-state index in [-0.39, 0.29) is 6.29 Å². The molecule has 0 saturated heterocycles. The Balaban J connectivity index is 2.68. The van der Waals surface area contributed by atoms with Crippen LogP contribution in [-0.2, 0) is 9.16 Å². The van der Waals surface area contributed by atoms with Crippen LogP contribution < -0.4 is 9.92 Å². The summed E-state index contributed by atoms with van der Waals surface area (Å²) in [5.74, 6) is 0.829. The summed E-state index contributed by atoms with van der Waals surface area (Å²) >= 11 is 0. The van der Waals surface area contributed by atoms with Crippen LogP contribution in [0.4, 0.5) is 0 Å². The zero-order valence-electron chi connectivity index (χ0n) is 11.3. The topological polar surface area (TPSA) is 27.7 Å². The molecule has 0 amide bonds. The van der Waals surface area contributed by atoms with E-state index in [1.165, 1.54) is 5.19 Å².